The average Bonchev–Trinajstić information content (AvgIpc) is 2.67. The highest BCUT2D eigenvalue weighted by Crippen LogP contribution is 2.22. The Labute approximate surface area is 172 Å². The molecule has 28 heavy (non-hydrogen) atoms. The van der Waals surface area contributed by atoms with E-state index in [0.29, 0.717) is 18.7 Å². The zero-order valence-electron chi connectivity index (χ0n) is 18.0. The fraction of sp³-hybridized carbons (Fsp3) is 0.727. The molecule has 0 spiro atoms. The van der Waals surface area contributed by atoms with Crippen LogP contribution in [0.1, 0.15) is 77.7 Å². The Morgan fingerprint density at radius 2 is 1.50 bits per heavy atom. The van der Waals surface area contributed by atoms with Crippen LogP contribution in [0.2, 0.25) is 0 Å². The molecule has 0 atom stereocenters. The predicted molar refractivity (Wildman–Crippen MR) is 113 cm³/mol. The maximum atomic E-state index is 11.7. The molecule has 0 saturated carbocycles. The van der Waals surface area contributed by atoms with Gasteiger partial charge in [-0.15, -0.1) is 0 Å². The van der Waals surface area contributed by atoms with Gasteiger partial charge in [-0.25, -0.2) is 8.42 Å². The lowest BCUT2D eigenvalue weighted by molar-refractivity contribution is -0.830. The van der Waals surface area contributed by atoms with Crippen molar-refractivity contribution >= 4 is 15.8 Å². The summed E-state index contributed by atoms with van der Waals surface area (Å²) in [5.74, 6) is 0. The third-order valence-electron chi connectivity index (χ3n) is 5.25. The molecule has 6 heteroatoms. The molecule has 1 N–H and O–H groups in total. The highest BCUT2D eigenvalue weighted by atomic mass is 32.2. The van der Waals surface area contributed by atoms with Gasteiger partial charge in [-0.1, -0.05) is 64.0 Å². The van der Waals surface area contributed by atoms with Gasteiger partial charge in [0.1, 0.15) is 15.0 Å². The van der Waals surface area contributed by atoms with Crippen molar-refractivity contribution in [2.45, 2.75) is 83.5 Å². The standard InChI is InChI=1S/C22H39NO4S/c1-4-7-8-9-10-11-12-13-18-27-19-17-20-15-14-16-21(28(24,25)26)22(20)23(5-2)6-3/h14-16H,4-13,17-19H2,1-3H3,(H,24,25,26). The molecule has 5 nitrogen and oxygen atoms in total. The summed E-state index contributed by atoms with van der Waals surface area (Å²) < 4.78 is 40.9. The lowest BCUT2D eigenvalue weighted by Crippen LogP contribution is -3.07. The van der Waals surface area contributed by atoms with E-state index in [2.05, 4.69) is 6.92 Å². The van der Waals surface area contributed by atoms with E-state index in [9.17, 15) is 13.0 Å². The zero-order valence-corrected chi connectivity index (χ0v) is 18.8. The van der Waals surface area contributed by atoms with Crippen molar-refractivity contribution in [1.29, 1.82) is 0 Å². The number of quaternary nitrogens is 1. The highest BCUT2D eigenvalue weighted by molar-refractivity contribution is 7.85. The maximum Gasteiger partial charge on any atom is 0.152 e. The molecule has 0 aliphatic rings. The van der Waals surface area contributed by atoms with Gasteiger partial charge in [-0.3, -0.25) is 0 Å². The molecule has 0 aromatic heterocycles. The van der Waals surface area contributed by atoms with Crippen molar-refractivity contribution < 1.29 is 22.6 Å². The SMILES string of the molecule is CCCCCCCCCCOCCc1cccc(S(=O)(=O)[O-])c1[NH+](CC)CC. The van der Waals surface area contributed by atoms with Crippen molar-refractivity contribution in [3.05, 3.63) is 23.8 Å². The predicted octanol–water partition coefficient (Wildman–Crippen LogP) is 3.85. The van der Waals surface area contributed by atoms with E-state index < -0.39 is 10.1 Å². The summed E-state index contributed by atoms with van der Waals surface area (Å²) >= 11 is 0. The summed E-state index contributed by atoms with van der Waals surface area (Å²) in [7, 11) is -4.49. The van der Waals surface area contributed by atoms with Crippen LogP contribution in [0.4, 0.5) is 5.69 Å². The second-order valence-corrected chi connectivity index (χ2v) is 8.74. The van der Waals surface area contributed by atoms with Crippen molar-refractivity contribution in [2.24, 2.45) is 0 Å². The van der Waals surface area contributed by atoms with Gasteiger partial charge >= 0.3 is 0 Å². The highest BCUT2D eigenvalue weighted by Gasteiger charge is 2.22. The largest absolute Gasteiger partial charge is 0.744 e. The molecular formula is C22H39NO4S. The third-order valence-corrected chi connectivity index (χ3v) is 6.13. The third kappa shape index (κ3) is 9.03. The molecule has 1 aromatic carbocycles. The summed E-state index contributed by atoms with van der Waals surface area (Å²) in [6.07, 6.45) is 10.8. The molecule has 0 unspecified atom stereocenters. The van der Waals surface area contributed by atoms with Crippen molar-refractivity contribution in [1.82, 2.24) is 0 Å². The molecule has 1 aromatic rings. The number of ether oxygens (including phenoxy) is 1. The van der Waals surface area contributed by atoms with Crippen LogP contribution >= 0.6 is 0 Å². The number of unbranched alkanes of at least 4 members (excludes halogenated alkanes) is 7. The lowest BCUT2D eigenvalue weighted by Gasteiger charge is -2.22. The second kappa shape index (κ2) is 14.1. The van der Waals surface area contributed by atoms with Crippen molar-refractivity contribution in [2.75, 3.05) is 26.3 Å². The van der Waals surface area contributed by atoms with Gasteiger partial charge in [-0.2, -0.15) is 0 Å². The summed E-state index contributed by atoms with van der Waals surface area (Å²) in [5.41, 5.74) is 1.52. The molecule has 0 saturated heterocycles. The molecule has 0 bridgehead atoms. The van der Waals surface area contributed by atoms with E-state index >= 15 is 0 Å². The molecule has 0 heterocycles. The molecule has 0 aliphatic heterocycles. The van der Waals surface area contributed by atoms with E-state index in [4.69, 9.17) is 4.74 Å². The van der Waals surface area contributed by atoms with Crippen LogP contribution in [0.25, 0.3) is 0 Å². The number of hydrogen-bond acceptors (Lipinski definition) is 4. The van der Waals surface area contributed by atoms with Crippen molar-refractivity contribution in [3.8, 4) is 0 Å². The minimum atomic E-state index is -4.49. The van der Waals surface area contributed by atoms with Crippen LogP contribution in [0.3, 0.4) is 0 Å². The maximum absolute atomic E-state index is 11.7. The summed E-state index contributed by atoms with van der Waals surface area (Å²) in [5, 5.41) is 0. The van der Waals surface area contributed by atoms with Crippen LogP contribution in [-0.2, 0) is 21.3 Å². The van der Waals surface area contributed by atoms with Gasteiger partial charge in [0.25, 0.3) is 0 Å². The fourth-order valence-corrected chi connectivity index (χ4v) is 4.39. The smallest absolute Gasteiger partial charge is 0.152 e. The van der Waals surface area contributed by atoms with E-state index in [0.717, 1.165) is 36.6 Å². The molecule has 162 valence electrons. The summed E-state index contributed by atoms with van der Waals surface area (Å²) in [4.78, 5) is 0.917. The molecule has 0 radical (unpaired) electrons. The van der Waals surface area contributed by atoms with Gasteiger partial charge in [-0.05, 0) is 26.3 Å². The molecule has 0 amide bonds. The molecule has 1 rings (SSSR count). The Hall–Kier alpha value is -0.950. The summed E-state index contributed by atoms with van der Waals surface area (Å²) in [6, 6.07) is 4.99. The van der Waals surface area contributed by atoms with Gasteiger partial charge < -0.3 is 14.2 Å². The Morgan fingerprint density at radius 1 is 0.893 bits per heavy atom. The topological polar surface area (TPSA) is 70.9 Å². The minimum absolute atomic E-state index is 0.0910. The van der Waals surface area contributed by atoms with Crippen LogP contribution in [0.5, 0.6) is 0 Å². The number of hydrogen-bond donors (Lipinski definition) is 1. The quantitative estimate of drug-likeness (QED) is 0.330. The van der Waals surface area contributed by atoms with Crippen molar-refractivity contribution in [3.63, 3.8) is 0 Å². The second-order valence-electron chi connectivity index (χ2n) is 7.39. The Bertz CT molecular complexity index is 642. The van der Waals surface area contributed by atoms with E-state index in [1.807, 2.05) is 19.9 Å². The first-order chi connectivity index (χ1) is 13.5. The molecule has 0 aliphatic carbocycles. The normalized spacial score (nSPS) is 12.0. The van der Waals surface area contributed by atoms with Crippen LogP contribution < -0.4 is 4.90 Å². The molecular weight excluding hydrogens is 374 g/mol. The minimum Gasteiger partial charge on any atom is -0.744 e. The first-order valence-electron chi connectivity index (χ1n) is 11.0. The zero-order chi connectivity index (χ0) is 20.8. The number of rotatable bonds is 16. The van der Waals surface area contributed by atoms with Gasteiger partial charge in [0.05, 0.1) is 19.7 Å². The Balaban J connectivity index is 2.48. The van der Waals surface area contributed by atoms with Gasteiger partial charge in [0, 0.05) is 18.6 Å². The van der Waals surface area contributed by atoms with Crippen LogP contribution in [-0.4, -0.2) is 39.3 Å². The van der Waals surface area contributed by atoms with E-state index in [1.165, 1.54) is 51.0 Å². The van der Waals surface area contributed by atoms with E-state index in [-0.39, 0.29) is 4.90 Å². The van der Waals surface area contributed by atoms with Crippen LogP contribution in [0, 0.1) is 0 Å². The average molecular weight is 414 g/mol. The number of benzene rings is 1. The molecule has 0 fully saturated rings. The Kier molecular flexibility index (Phi) is 12.6. The van der Waals surface area contributed by atoms with Gasteiger partial charge in [0.15, 0.2) is 5.69 Å². The first-order valence-corrected chi connectivity index (χ1v) is 12.4. The van der Waals surface area contributed by atoms with Crippen LogP contribution in [0.15, 0.2) is 23.1 Å². The van der Waals surface area contributed by atoms with E-state index in [1.54, 1.807) is 6.07 Å². The lowest BCUT2D eigenvalue weighted by atomic mass is 10.1. The Morgan fingerprint density at radius 3 is 2.07 bits per heavy atom. The first kappa shape index (κ1) is 25.1. The number of para-hydroxylation sites is 1. The summed E-state index contributed by atoms with van der Waals surface area (Å²) in [6.45, 7) is 8.98. The van der Waals surface area contributed by atoms with Gasteiger partial charge in [0.2, 0.25) is 0 Å². The monoisotopic (exact) mass is 413 g/mol. The fourth-order valence-electron chi connectivity index (χ4n) is 3.62. The number of nitrogens with one attached hydrogen (secondary N) is 1.